The molecular weight excluding hydrogens is 436 g/mol. The fourth-order valence-corrected chi connectivity index (χ4v) is 4.29. The van der Waals surface area contributed by atoms with Crippen molar-refractivity contribution in [3.05, 3.63) is 76.6 Å². The minimum absolute atomic E-state index is 0.236. The molecule has 1 aliphatic rings. The number of hydrogen-bond donors (Lipinski definition) is 1. The van der Waals surface area contributed by atoms with Crippen LogP contribution in [0.4, 0.5) is 11.4 Å². The molecule has 0 saturated carbocycles. The van der Waals surface area contributed by atoms with Gasteiger partial charge in [0.2, 0.25) is 0 Å². The van der Waals surface area contributed by atoms with E-state index >= 15 is 0 Å². The molecule has 0 fully saturated rings. The van der Waals surface area contributed by atoms with Gasteiger partial charge >= 0.3 is 0 Å². The van der Waals surface area contributed by atoms with Gasteiger partial charge in [-0.05, 0) is 48.6 Å². The summed E-state index contributed by atoms with van der Waals surface area (Å²) >= 11 is 1.42. The summed E-state index contributed by atoms with van der Waals surface area (Å²) in [5.41, 5.74) is 1.69. The summed E-state index contributed by atoms with van der Waals surface area (Å²) in [6.07, 6.45) is 1.71. The summed E-state index contributed by atoms with van der Waals surface area (Å²) in [5, 5.41) is 5.08. The van der Waals surface area contributed by atoms with Crippen molar-refractivity contribution in [1.29, 1.82) is 0 Å². The van der Waals surface area contributed by atoms with Crippen molar-refractivity contribution in [2.45, 2.75) is 26.7 Å². The maximum atomic E-state index is 13.6. The van der Waals surface area contributed by atoms with Crippen LogP contribution in [0, 0.1) is 0 Å². The zero-order chi connectivity index (χ0) is 23.2. The SMILES string of the molecule is CCCOc1cccc(NC2=C(c3cccs3)C(=O)N(c3ccccc3OCCC)C2=O)c1. The smallest absolute Gasteiger partial charge is 0.282 e. The van der Waals surface area contributed by atoms with Gasteiger partial charge in [0.15, 0.2) is 0 Å². The highest BCUT2D eigenvalue weighted by Gasteiger charge is 2.41. The maximum absolute atomic E-state index is 13.6. The van der Waals surface area contributed by atoms with Crippen molar-refractivity contribution < 1.29 is 19.1 Å². The molecule has 0 saturated heterocycles. The van der Waals surface area contributed by atoms with Gasteiger partial charge in [-0.15, -0.1) is 11.3 Å². The van der Waals surface area contributed by atoms with E-state index < -0.39 is 5.91 Å². The van der Waals surface area contributed by atoms with E-state index in [1.807, 2.05) is 61.7 Å². The molecule has 0 bridgehead atoms. The molecule has 6 nitrogen and oxygen atoms in total. The molecule has 2 amide bonds. The number of carbonyl (C=O) groups excluding carboxylic acids is 2. The average molecular weight is 463 g/mol. The van der Waals surface area contributed by atoms with Gasteiger partial charge in [0.1, 0.15) is 17.2 Å². The van der Waals surface area contributed by atoms with Gasteiger partial charge in [0, 0.05) is 16.6 Å². The maximum Gasteiger partial charge on any atom is 0.282 e. The number of carbonyl (C=O) groups is 2. The van der Waals surface area contributed by atoms with Crippen LogP contribution < -0.4 is 19.7 Å². The monoisotopic (exact) mass is 462 g/mol. The van der Waals surface area contributed by atoms with E-state index in [1.54, 1.807) is 18.2 Å². The summed E-state index contributed by atoms with van der Waals surface area (Å²) < 4.78 is 11.5. The molecule has 1 aromatic heterocycles. The summed E-state index contributed by atoms with van der Waals surface area (Å²) in [7, 11) is 0. The Hall–Kier alpha value is -3.58. The molecule has 2 heterocycles. The molecule has 3 aromatic rings. The van der Waals surface area contributed by atoms with E-state index in [-0.39, 0.29) is 11.6 Å². The number of benzene rings is 2. The largest absolute Gasteiger partial charge is 0.494 e. The first kappa shape index (κ1) is 22.6. The number of rotatable bonds is 10. The topological polar surface area (TPSA) is 67.9 Å². The molecule has 33 heavy (non-hydrogen) atoms. The van der Waals surface area contributed by atoms with Crippen molar-refractivity contribution in [1.82, 2.24) is 0 Å². The molecule has 0 unspecified atom stereocenters. The number of nitrogens with one attached hydrogen (secondary N) is 1. The number of imide groups is 1. The van der Waals surface area contributed by atoms with E-state index in [9.17, 15) is 9.59 Å². The number of hydrogen-bond acceptors (Lipinski definition) is 6. The van der Waals surface area contributed by atoms with Crippen molar-refractivity contribution in [2.24, 2.45) is 0 Å². The molecule has 4 rings (SSSR count). The molecule has 0 spiro atoms. The number of nitrogens with zero attached hydrogens (tertiary/aromatic N) is 1. The van der Waals surface area contributed by atoms with Gasteiger partial charge in [0.05, 0.1) is 24.5 Å². The van der Waals surface area contributed by atoms with E-state index in [0.717, 1.165) is 17.7 Å². The second kappa shape index (κ2) is 10.4. The van der Waals surface area contributed by atoms with Crippen molar-refractivity contribution in [2.75, 3.05) is 23.4 Å². The Labute approximate surface area is 197 Å². The number of para-hydroxylation sites is 2. The number of amides is 2. The molecule has 0 aliphatic carbocycles. The van der Waals surface area contributed by atoms with Gasteiger partial charge in [-0.2, -0.15) is 0 Å². The first-order valence-electron chi connectivity index (χ1n) is 11.0. The minimum Gasteiger partial charge on any atom is -0.494 e. The fourth-order valence-electron chi connectivity index (χ4n) is 3.52. The summed E-state index contributed by atoms with van der Waals surface area (Å²) in [6.45, 7) is 5.14. The van der Waals surface area contributed by atoms with Crippen LogP contribution in [-0.4, -0.2) is 25.0 Å². The van der Waals surface area contributed by atoms with Gasteiger partial charge in [-0.3, -0.25) is 9.59 Å². The molecule has 2 aromatic carbocycles. The number of anilines is 2. The lowest BCUT2D eigenvalue weighted by molar-refractivity contribution is -0.120. The normalized spacial score (nSPS) is 13.6. The zero-order valence-corrected chi connectivity index (χ0v) is 19.5. The lowest BCUT2D eigenvalue weighted by atomic mass is 10.2. The quantitative estimate of drug-likeness (QED) is 0.390. The van der Waals surface area contributed by atoms with E-state index in [1.165, 1.54) is 16.2 Å². The number of thiophene rings is 1. The highest BCUT2D eigenvalue weighted by atomic mass is 32.1. The fraction of sp³-hybridized carbons (Fsp3) is 0.231. The van der Waals surface area contributed by atoms with Crippen molar-refractivity contribution in [3.63, 3.8) is 0 Å². The molecule has 170 valence electrons. The molecule has 1 N–H and O–H groups in total. The lowest BCUT2D eigenvalue weighted by Crippen LogP contribution is -2.32. The van der Waals surface area contributed by atoms with Crippen LogP contribution >= 0.6 is 11.3 Å². The van der Waals surface area contributed by atoms with Crippen LogP contribution in [0.1, 0.15) is 31.6 Å². The average Bonchev–Trinajstić information content (AvgIpc) is 3.43. The van der Waals surface area contributed by atoms with Gasteiger partial charge < -0.3 is 14.8 Å². The van der Waals surface area contributed by atoms with Gasteiger partial charge in [-0.25, -0.2) is 4.90 Å². The van der Waals surface area contributed by atoms with Crippen LogP contribution in [0.15, 0.2) is 71.7 Å². The Bertz CT molecular complexity index is 1170. The van der Waals surface area contributed by atoms with Gasteiger partial charge in [0.25, 0.3) is 11.8 Å². The molecule has 1 aliphatic heterocycles. The molecular formula is C26H26N2O4S. The number of ether oxygens (including phenoxy) is 2. The lowest BCUT2D eigenvalue weighted by Gasteiger charge is -2.19. The van der Waals surface area contributed by atoms with Crippen LogP contribution in [0.2, 0.25) is 0 Å². The predicted octanol–water partition coefficient (Wildman–Crippen LogP) is 5.72. The third-order valence-electron chi connectivity index (χ3n) is 5.00. The Morgan fingerprint density at radius 3 is 2.42 bits per heavy atom. The Balaban J connectivity index is 1.72. The summed E-state index contributed by atoms with van der Waals surface area (Å²) in [6, 6.07) is 18.2. The highest BCUT2D eigenvalue weighted by molar-refractivity contribution is 7.11. The van der Waals surface area contributed by atoms with Gasteiger partial charge in [-0.1, -0.05) is 38.1 Å². The third kappa shape index (κ3) is 4.78. The van der Waals surface area contributed by atoms with Crippen molar-refractivity contribution >= 4 is 40.1 Å². The standard InChI is InChI=1S/C26H26N2O4S/c1-3-14-31-19-10-7-9-18(17-19)27-24-23(22-13-8-16-33-22)25(29)28(26(24)30)20-11-5-6-12-21(20)32-15-4-2/h5-13,16-17,27H,3-4,14-15H2,1-2H3. The van der Waals surface area contributed by atoms with Crippen LogP contribution in [0.3, 0.4) is 0 Å². The van der Waals surface area contributed by atoms with E-state index in [0.29, 0.717) is 41.7 Å². The van der Waals surface area contributed by atoms with Crippen LogP contribution in [0.5, 0.6) is 11.5 Å². The van der Waals surface area contributed by atoms with Crippen LogP contribution in [-0.2, 0) is 9.59 Å². The minimum atomic E-state index is -0.421. The Kier molecular flexibility index (Phi) is 7.10. The van der Waals surface area contributed by atoms with E-state index in [4.69, 9.17) is 9.47 Å². The third-order valence-corrected chi connectivity index (χ3v) is 5.88. The second-order valence-electron chi connectivity index (χ2n) is 7.49. The molecule has 0 atom stereocenters. The predicted molar refractivity (Wildman–Crippen MR) is 132 cm³/mol. The van der Waals surface area contributed by atoms with E-state index in [2.05, 4.69) is 5.32 Å². The first-order valence-corrected chi connectivity index (χ1v) is 11.9. The Morgan fingerprint density at radius 2 is 1.67 bits per heavy atom. The van der Waals surface area contributed by atoms with Crippen molar-refractivity contribution in [3.8, 4) is 11.5 Å². The molecule has 0 radical (unpaired) electrons. The second-order valence-corrected chi connectivity index (χ2v) is 8.44. The zero-order valence-electron chi connectivity index (χ0n) is 18.7. The molecule has 7 heteroatoms. The summed E-state index contributed by atoms with van der Waals surface area (Å²) in [4.78, 5) is 29.1. The first-order chi connectivity index (χ1) is 16.1. The van der Waals surface area contributed by atoms with Crippen LogP contribution in [0.25, 0.3) is 5.57 Å². The highest BCUT2D eigenvalue weighted by Crippen LogP contribution is 2.39. The summed E-state index contributed by atoms with van der Waals surface area (Å²) in [5.74, 6) is 0.404. The Morgan fingerprint density at radius 1 is 0.879 bits per heavy atom.